The first-order valence-corrected chi connectivity index (χ1v) is 10.2. The van der Waals surface area contributed by atoms with Crippen molar-refractivity contribution in [3.63, 3.8) is 0 Å². The molecule has 144 valence electrons. The van der Waals surface area contributed by atoms with Gasteiger partial charge in [-0.05, 0) is 50.9 Å². The second kappa shape index (κ2) is 8.23. The highest BCUT2D eigenvalue weighted by Crippen LogP contribution is 2.38. The van der Waals surface area contributed by atoms with E-state index in [9.17, 15) is 9.59 Å². The zero-order valence-electron chi connectivity index (χ0n) is 16.3. The summed E-state index contributed by atoms with van der Waals surface area (Å²) in [6, 6.07) is 5.74. The summed E-state index contributed by atoms with van der Waals surface area (Å²) in [5.74, 6) is -0.542. The van der Waals surface area contributed by atoms with Gasteiger partial charge in [0.2, 0.25) is 0 Å². The summed E-state index contributed by atoms with van der Waals surface area (Å²) in [5, 5.41) is 3.58. The van der Waals surface area contributed by atoms with E-state index in [2.05, 4.69) is 17.1 Å². The van der Waals surface area contributed by atoms with E-state index in [-0.39, 0.29) is 11.9 Å². The molecular formula is C21H26N2O3S. The summed E-state index contributed by atoms with van der Waals surface area (Å²) in [5.41, 5.74) is 4.22. The van der Waals surface area contributed by atoms with E-state index in [0.29, 0.717) is 22.7 Å². The highest BCUT2D eigenvalue weighted by atomic mass is 32.1. The zero-order chi connectivity index (χ0) is 19.6. The molecule has 1 aromatic carbocycles. The summed E-state index contributed by atoms with van der Waals surface area (Å²) < 4.78 is 5.28. The second-order valence-corrected chi connectivity index (χ2v) is 7.92. The van der Waals surface area contributed by atoms with Gasteiger partial charge in [-0.2, -0.15) is 0 Å². The number of aryl methyl sites for hydroxylation is 2. The highest BCUT2D eigenvalue weighted by molar-refractivity contribution is 7.17. The maximum atomic E-state index is 12.8. The Morgan fingerprint density at radius 2 is 2.04 bits per heavy atom. The van der Waals surface area contributed by atoms with E-state index < -0.39 is 0 Å². The van der Waals surface area contributed by atoms with E-state index in [1.165, 1.54) is 11.3 Å². The number of nitrogens with one attached hydrogen (secondary N) is 1. The summed E-state index contributed by atoms with van der Waals surface area (Å²) in [4.78, 5) is 28.9. The Morgan fingerprint density at radius 1 is 1.26 bits per heavy atom. The number of esters is 1. The molecule has 1 aliphatic heterocycles. The van der Waals surface area contributed by atoms with E-state index in [4.69, 9.17) is 4.74 Å². The van der Waals surface area contributed by atoms with Gasteiger partial charge in [-0.1, -0.05) is 24.6 Å². The van der Waals surface area contributed by atoms with Crippen LogP contribution in [0.4, 0.5) is 5.00 Å². The molecule has 3 rings (SSSR count). The number of carbonyl (C=O) groups is 2. The minimum absolute atomic E-state index is 0.191. The first-order valence-electron chi connectivity index (χ1n) is 9.37. The largest absolute Gasteiger partial charge is 0.462 e. The van der Waals surface area contributed by atoms with Crippen molar-refractivity contribution in [2.75, 3.05) is 25.0 Å². The van der Waals surface area contributed by atoms with E-state index >= 15 is 0 Å². The van der Waals surface area contributed by atoms with Crippen LogP contribution in [0.5, 0.6) is 0 Å². The van der Waals surface area contributed by atoms with Crippen molar-refractivity contribution in [3.8, 4) is 0 Å². The second-order valence-electron chi connectivity index (χ2n) is 6.82. The van der Waals surface area contributed by atoms with Crippen LogP contribution in [0.2, 0.25) is 0 Å². The van der Waals surface area contributed by atoms with Crippen molar-refractivity contribution in [3.05, 3.63) is 50.9 Å². The predicted octanol–water partition coefficient (Wildman–Crippen LogP) is 4.17. The SMILES string of the molecule is CCOC(=O)c1c(NC(=O)c2ccc(C)cc2C)sc2c1CCN(CC)C2. The molecule has 27 heavy (non-hydrogen) atoms. The fourth-order valence-electron chi connectivity index (χ4n) is 3.47. The normalized spacial score (nSPS) is 13.9. The van der Waals surface area contributed by atoms with Crippen LogP contribution in [0.3, 0.4) is 0 Å². The smallest absolute Gasteiger partial charge is 0.341 e. The van der Waals surface area contributed by atoms with Gasteiger partial charge in [0.25, 0.3) is 5.91 Å². The molecule has 0 fully saturated rings. The Balaban J connectivity index is 1.95. The molecule has 0 bridgehead atoms. The molecule has 2 aromatic rings. The number of likely N-dealkylation sites (N-methyl/N-ethyl adjacent to an activating group) is 1. The number of ether oxygens (including phenoxy) is 1. The molecule has 1 aromatic heterocycles. The summed E-state index contributed by atoms with van der Waals surface area (Å²) in [6.45, 7) is 10.9. The number of hydrogen-bond donors (Lipinski definition) is 1. The van der Waals surface area contributed by atoms with Crippen LogP contribution < -0.4 is 5.32 Å². The highest BCUT2D eigenvalue weighted by Gasteiger charge is 2.29. The molecule has 2 heterocycles. The molecule has 1 aliphatic rings. The van der Waals surface area contributed by atoms with Crippen molar-refractivity contribution >= 4 is 28.2 Å². The Labute approximate surface area is 164 Å². The summed E-state index contributed by atoms with van der Waals surface area (Å²) >= 11 is 1.49. The maximum Gasteiger partial charge on any atom is 0.341 e. The molecule has 5 nitrogen and oxygen atoms in total. The molecule has 0 atom stereocenters. The molecule has 6 heteroatoms. The fraction of sp³-hybridized carbons (Fsp3) is 0.429. The number of anilines is 1. The van der Waals surface area contributed by atoms with Crippen LogP contribution in [0, 0.1) is 13.8 Å². The van der Waals surface area contributed by atoms with Gasteiger partial charge < -0.3 is 10.1 Å². The Kier molecular flexibility index (Phi) is 5.97. The van der Waals surface area contributed by atoms with Gasteiger partial charge in [0.15, 0.2) is 0 Å². The van der Waals surface area contributed by atoms with E-state index in [1.54, 1.807) is 6.92 Å². The Hall–Kier alpha value is -2.18. The molecule has 0 saturated carbocycles. The number of amides is 1. The number of thiophene rings is 1. The lowest BCUT2D eigenvalue weighted by Crippen LogP contribution is -2.30. The monoisotopic (exact) mass is 386 g/mol. The van der Waals surface area contributed by atoms with Crippen molar-refractivity contribution in [2.45, 2.75) is 40.7 Å². The standard InChI is InChI=1S/C21H26N2O3S/c1-5-23-10-9-16-17(12-23)27-20(18(16)21(25)26-6-2)22-19(24)15-8-7-13(3)11-14(15)4/h7-8,11H,5-6,9-10,12H2,1-4H3,(H,22,24). The average Bonchev–Trinajstić information content (AvgIpc) is 2.98. The van der Waals surface area contributed by atoms with Crippen LogP contribution in [0.1, 0.15) is 56.1 Å². The third kappa shape index (κ3) is 4.06. The topological polar surface area (TPSA) is 58.6 Å². The van der Waals surface area contributed by atoms with Crippen molar-refractivity contribution < 1.29 is 14.3 Å². The average molecular weight is 387 g/mol. The van der Waals surface area contributed by atoms with Gasteiger partial charge >= 0.3 is 5.97 Å². The van der Waals surface area contributed by atoms with Crippen LogP contribution >= 0.6 is 11.3 Å². The third-order valence-electron chi connectivity index (χ3n) is 4.92. The zero-order valence-corrected chi connectivity index (χ0v) is 17.2. The Bertz CT molecular complexity index is 873. The number of nitrogens with zero attached hydrogens (tertiary/aromatic N) is 1. The van der Waals surface area contributed by atoms with Crippen molar-refractivity contribution in [1.29, 1.82) is 0 Å². The maximum absolute atomic E-state index is 12.8. The minimum Gasteiger partial charge on any atom is -0.462 e. The summed E-state index contributed by atoms with van der Waals surface area (Å²) in [7, 11) is 0. The van der Waals surface area contributed by atoms with E-state index in [0.717, 1.165) is 47.6 Å². The van der Waals surface area contributed by atoms with Crippen LogP contribution in [0.15, 0.2) is 18.2 Å². The summed E-state index contributed by atoms with van der Waals surface area (Å²) in [6.07, 6.45) is 0.799. The van der Waals surface area contributed by atoms with E-state index in [1.807, 2.05) is 32.0 Å². The predicted molar refractivity (Wildman–Crippen MR) is 109 cm³/mol. The van der Waals surface area contributed by atoms with Crippen molar-refractivity contribution in [1.82, 2.24) is 4.90 Å². The lowest BCUT2D eigenvalue weighted by atomic mass is 10.0. The van der Waals surface area contributed by atoms with Gasteiger partial charge in [0, 0.05) is 23.5 Å². The van der Waals surface area contributed by atoms with Gasteiger partial charge in [-0.15, -0.1) is 11.3 Å². The van der Waals surface area contributed by atoms with Crippen LogP contribution in [-0.4, -0.2) is 36.5 Å². The van der Waals surface area contributed by atoms with Gasteiger partial charge in [0.1, 0.15) is 5.00 Å². The molecule has 0 radical (unpaired) electrons. The molecule has 0 unspecified atom stereocenters. The number of fused-ring (bicyclic) bond motifs is 1. The number of hydrogen-bond acceptors (Lipinski definition) is 5. The van der Waals surface area contributed by atoms with Crippen LogP contribution in [0.25, 0.3) is 0 Å². The molecule has 1 amide bonds. The fourth-order valence-corrected chi connectivity index (χ4v) is 4.75. The lowest BCUT2D eigenvalue weighted by molar-refractivity contribution is 0.0526. The number of benzene rings is 1. The molecule has 0 spiro atoms. The molecular weight excluding hydrogens is 360 g/mol. The van der Waals surface area contributed by atoms with Gasteiger partial charge in [0.05, 0.1) is 12.2 Å². The quantitative estimate of drug-likeness (QED) is 0.784. The van der Waals surface area contributed by atoms with Gasteiger partial charge in [-0.25, -0.2) is 4.79 Å². The Morgan fingerprint density at radius 3 is 2.70 bits per heavy atom. The molecule has 0 saturated heterocycles. The first-order chi connectivity index (χ1) is 12.9. The first kappa shape index (κ1) is 19.6. The third-order valence-corrected chi connectivity index (χ3v) is 6.05. The minimum atomic E-state index is -0.351. The number of carbonyl (C=O) groups excluding carboxylic acids is 2. The number of rotatable bonds is 5. The lowest BCUT2D eigenvalue weighted by Gasteiger charge is -2.25. The molecule has 1 N–H and O–H groups in total. The van der Waals surface area contributed by atoms with Gasteiger partial charge in [-0.3, -0.25) is 9.69 Å². The van der Waals surface area contributed by atoms with Crippen LogP contribution in [-0.2, 0) is 17.7 Å². The van der Waals surface area contributed by atoms with Crippen molar-refractivity contribution in [2.24, 2.45) is 0 Å². The molecule has 0 aliphatic carbocycles.